The molecule has 18 heavy (non-hydrogen) atoms. The Kier molecular flexibility index (Phi) is 3.54. The molecule has 0 saturated heterocycles. The van der Waals surface area contributed by atoms with Crippen LogP contribution in [0.2, 0.25) is 0 Å². The van der Waals surface area contributed by atoms with Crippen LogP contribution < -0.4 is 5.32 Å². The molecule has 1 aliphatic carbocycles. The molecular formula is C15H27N3. The molecule has 1 unspecified atom stereocenters. The predicted molar refractivity (Wildman–Crippen MR) is 75.5 cm³/mol. The Morgan fingerprint density at radius 2 is 2.00 bits per heavy atom. The molecule has 1 aromatic heterocycles. The Labute approximate surface area is 111 Å². The first-order valence-corrected chi connectivity index (χ1v) is 7.01. The minimum atomic E-state index is 0.199. The van der Waals surface area contributed by atoms with Crippen molar-refractivity contribution in [3.05, 3.63) is 18.0 Å². The van der Waals surface area contributed by atoms with Gasteiger partial charge in [-0.05, 0) is 56.9 Å². The highest BCUT2D eigenvalue weighted by Gasteiger charge is 2.41. The molecule has 0 bridgehead atoms. The first-order chi connectivity index (χ1) is 8.28. The van der Waals surface area contributed by atoms with Gasteiger partial charge >= 0.3 is 0 Å². The van der Waals surface area contributed by atoms with E-state index in [0.29, 0.717) is 5.41 Å². The lowest BCUT2D eigenvalue weighted by Gasteiger charge is -2.34. The van der Waals surface area contributed by atoms with Crippen LogP contribution in [0.25, 0.3) is 0 Å². The molecule has 0 aliphatic heterocycles. The Bertz CT molecular complexity index is 398. The molecule has 102 valence electrons. The van der Waals surface area contributed by atoms with Crippen molar-refractivity contribution >= 4 is 0 Å². The van der Waals surface area contributed by atoms with Crippen molar-refractivity contribution < 1.29 is 0 Å². The van der Waals surface area contributed by atoms with Crippen LogP contribution in [-0.2, 0) is 13.5 Å². The molecule has 1 aromatic rings. The molecule has 1 saturated carbocycles. The van der Waals surface area contributed by atoms with Gasteiger partial charge in [0.05, 0.1) is 6.20 Å². The minimum absolute atomic E-state index is 0.199. The Balaban J connectivity index is 2.02. The SMILES string of the molecule is Cn1cc(CC(C)(CNC(C)(C)C)C2CC2)cn1. The normalized spacial score (nSPS) is 19.8. The number of nitrogens with one attached hydrogen (secondary N) is 1. The van der Waals surface area contributed by atoms with Crippen LogP contribution >= 0.6 is 0 Å². The van der Waals surface area contributed by atoms with Crippen LogP contribution in [0.15, 0.2) is 12.4 Å². The second-order valence-corrected chi connectivity index (χ2v) is 7.23. The molecule has 0 radical (unpaired) electrons. The fraction of sp³-hybridized carbons (Fsp3) is 0.800. The second kappa shape index (κ2) is 4.69. The maximum Gasteiger partial charge on any atom is 0.0521 e. The van der Waals surface area contributed by atoms with E-state index in [0.717, 1.165) is 18.9 Å². The maximum absolute atomic E-state index is 4.29. The van der Waals surface area contributed by atoms with Crippen molar-refractivity contribution in [2.45, 2.75) is 52.5 Å². The maximum atomic E-state index is 4.29. The first-order valence-electron chi connectivity index (χ1n) is 7.01. The number of rotatable bonds is 5. The Hall–Kier alpha value is -0.830. The van der Waals surface area contributed by atoms with Crippen molar-refractivity contribution in [2.75, 3.05) is 6.54 Å². The largest absolute Gasteiger partial charge is 0.312 e. The fourth-order valence-electron chi connectivity index (χ4n) is 2.63. The lowest BCUT2D eigenvalue weighted by atomic mass is 9.79. The number of hydrogen-bond acceptors (Lipinski definition) is 2. The zero-order valence-electron chi connectivity index (χ0n) is 12.5. The molecule has 0 aromatic carbocycles. The summed E-state index contributed by atoms with van der Waals surface area (Å²) in [6, 6.07) is 0. The smallest absolute Gasteiger partial charge is 0.0521 e. The van der Waals surface area contributed by atoms with E-state index in [1.54, 1.807) is 0 Å². The van der Waals surface area contributed by atoms with Gasteiger partial charge in [-0.15, -0.1) is 0 Å². The summed E-state index contributed by atoms with van der Waals surface area (Å²) in [6.45, 7) is 10.2. The summed E-state index contributed by atoms with van der Waals surface area (Å²) in [4.78, 5) is 0. The van der Waals surface area contributed by atoms with Crippen LogP contribution in [0.1, 0.15) is 46.1 Å². The van der Waals surface area contributed by atoms with Gasteiger partial charge in [0.2, 0.25) is 0 Å². The molecule has 2 rings (SSSR count). The molecule has 1 fully saturated rings. The highest BCUT2D eigenvalue weighted by molar-refractivity contribution is 5.10. The van der Waals surface area contributed by atoms with E-state index in [2.05, 4.69) is 44.3 Å². The Morgan fingerprint density at radius 1 is 1.33 bits per heavy atom. The number of aromatic nitrogens is 2. The molecule has 3 nitrogen and oxygen atoms in total. The van der Waals surface area contributed by atoms with Crippen LogP contribution in [0.4, 0.5) is 0 Å². The highest BCUT2D eigenvalue weighted by atomic mass is 15.2. The summed E-state index contributed by atoms with van der Waals surface area (Å²) >= 11 is 0. The van der Waals surface area contributed by atoms with E-state index in [9.17, 15) is 0 Å². The van der Waals surface area contributed by atoms with Gasteiger partial charge in [-0.3, -0.25) is 4.68 Å². The molecule has 0 amide bonds. The van der Waals surface area contributed by atoms with Gasteiger partial charge in [0.25, 0.3) is 0 Å². The molecular weight excluding hydrogens is 222 g/mol. The predicted octanol–water partition coefficient (Wildman–Crippen LogP) is 2.77. The third kappa shape index (κ3) is 3.58. The molecule has 1 atom stereocenters. The van der Waals surface area contributed by atoms with Crippen LogP contribution in [0.3, 0.4) is 0 Å². The third-order valence-corrected chi connectivity index (χ3v) is 3.95. The number of hydrogen-bond donors (Lipinski definition) is 1. The first kappa shape index (κ1) is 13.6. The van der Waals surface area contributed by atoms with Crippen molar-refractivity contribution in [3.8, 4) is 0 Å². The van der Waals surface area contributed by atoms with Crippen LogP contribution in [-0.4, -0.2) is 21.9 Å². The van der Waals surface area contributed by atoms with E-state index in [4.69, 9.17) is 0 Å². The van der Waals surface area contributed by atoms with Gasteiger partial charge in [-0.1, -0.05) is 6.92 Å². The quantitative estimate of drug-likeness (QED) is 0.869. The van der Waals surface area contributed by atoms with Gasteiger partial charge in [-0.2, -0.15) is 5.10 Å². The van der Waals surface area contributed by atoms with Crippen LogP contribution in [0, 0.1) is 11.3 Å². The molecule has 1 heterocycles. The van der Waals surface area contributed by atoms with Crippen LogP contribution in [0.5, 0.6) is 0 Å². The van der Waals surface area contributed by atoms with Crippen molar-refractivity contribution in [1.82, 2.24) is 15.1 Å². The minimum Gasteiger partial charge on any atom is -0.312 e. The Morgan fingerprint density at radius 3 is 2.44 bits per heavy atom. The summed E-state index contributed by atoms with van der Waals surface area (Å²) in [6.07, 6.45) is 8.08. The molecule has 3 heteroatoms. The second-order valence-electron chi connectivity index (χ2n) is 7.23. The summed E-state index contributed by atoms with van der Waals surface area (Å²) in [7, 11) is 1.99. The number of nitrogens with zero attached hydrogens (tertiary/aromatic N) is 2. The standard InChI is InChI=1S/C15H27N3/c1-14(2,3)16-11-15(4,13-6-7-13)8-12-9-17-18(5)10-12/h9-10,13,16H,6-8,11H2,1-5H3. The lowest BCUT2D eigenvalue weighted by molar-refractivity contribution is 0.227. The van der Waals surface area contributed by atoms with E-state index in [-0.39, 0.29) is 5.54 Å². The van der Waals surface area contributed by atoms with Gasteiger partial charge in [0.1, 0.15) is 0 Å². The van der Waals surface area contributed by atoms with Gasteiger partial charge < -0.3 is 5.32 Å². The van der Waals surface area contributed by atoms with E-state index in [1.807, 2.05) is 17.9 Å². The third-order valence-electron chi connectivity index (χ3n) is 3.95. The average Bonchev–Trinajstić information content (AvgIpc) is 3.01. The van der Waals surface area contributed by atoms with Gasteiger partial charge in [0, 0.05) is 25.3 Å². The monoisotopic (exact) mass is 249 g/mol. The van der Waals surface area contributed by atoms with Gasteiger partial charge in [-0.25, -0.2) is 0 Å². The average molecular weight is 249 g/mol. The zero-order valence-corrected chi connectivity index (χ0v) is 12.5. The molecule has 1 aliphatic rings. The summed E-state index contributed by atoms with van der Waals surface area (Å²) in [5.41, 5.74) is 1.93. The van der Waals surface area contributed by atoms with Crippen molar-refractivity contribution in [3.63, 3.8) is 0 Å². The van der Waals surface area contributed by atoms with Gasteiger partial charge in [0.15, 0.2) is 0 Å². The van der Waals surface area contributed by atoms with E-state index in [1.165, 1.54) is 18.4 Å². The van der Waals surface area contributed by atoms with E-state index < -0.39 is 0 Å². The molecule has 1 N–H and O–H groups in total. The zero-order chi connectivity index (χ0) is 13.4. The van der Waals surface area contributed by atoms with Crippen molar-refractivity contribution in [1.29, 1.82) is 0 Å². The fourth-order valence-corrected chi connectivity index (χ4v) is 2.63. The lowest BCUT2D eigenvalue weighted by Crippen LogP contribution is -2.44. The highest BCUT2D eigenvalue weighted by Crippen LogP contribution is 2.47. The van der Waals surface area contributed by atoms with E-state index >= 15 is 0 Å². The summed E-state index contributed by atoms with van der Waals surface area (Å²) in [5, 5.41) is 7.97. The van der Waals surface area contributed by atoms with Crippen molar-refractivity contribution in [2.24, 2.45) is 18.4 Å². The summed E-state index contributed by atoms with van der Waals surface area (Å²) < 4.78 is 1.90. The summed E-state index contributed by atoms with van der Waals surface area (Å²) in [5.74, 6) is 0.882. The molecule has 0 spiro atoms. The number of aryl methyl sites for hydroxylation is 1. The topological polar surface area (TPSA) is 29.9 Å².